The van der Waals surface area contributed by atoms with Gasteiger partial charge >= 0.3 is 6.18 Å². The van der Waals surface area contributed by atoms with E-state index < -0.39 is 17.2 Å². The Bertz CT molecular complexity index is 1440. The van der Waals surface area contributed by atoms with E-state index in [9.17, 15) is 18.0 Å². The predicted molar refractivity (Wildman–Crippen MR) is 123 cm³/mol. The number of rotatable bonds is 5. The number of aliphatic imine (C=N–C) groups is 1. The van der Waals surface area contributed by atoms with Crippen molar-refractivity contribution < 1.29 is 13.2 Å². The first-order valence-electron chi connectivity index (χ1n) is 10.1. The van der Waals surface area contributed by atoms with Crippen molar-refractivity contribution in [2.45, 2.75) is 13.1 Å². The highest BCUT2D eigenvalue weighted by molar-refractivity contribution is 6.08. The molecule has 0 amide bonds. The van der Waals surface area contributed by atoms with E-state index in [1.54, 1.807) is 10.9 Å². The number of hydrogen-bond acceptors (Lipinski definition) is 5. The Kier molecular flexibility index (Phi) is 6.13. The van der Waals surface area contributed by atoms with Crippen LogP contribution in [0.3, 0.4) is 0 Å². The van der Waals surface area contributed by atoms with Crippen LogP contribution in [-0.4, -0.2) is 25.3 Å². The molecule has 10 heteroatoms. The molecule has 7 nitrogen and oxygen atoms in total. The van der Waals surface area contributed by atoms with E-state index in [1.165, 1.54) is 35.2 Å². The molecule has 172 valence electrons. The summed E-state index contributed by atoms with van der Waals surface area (Å²) in [6.07, 6.45) is 2.95. The molecule has 0 aliphatic heterocycles. The third kappa shape index (κ3) is 4.80. The summed E-state index contributed by atoms with van der Waals surface area (Å²) in [5, 5.41) is 8.61. The molecule has 0 atom stereocenters. The number of aromatic nitrogens is 4. The normalized spacial score (nSPS) is 12.4. The fraction of sp³-hybridized carbons (Fsp3) is 0.0833. The van der Waals surface area contributed by atoms with Gasteiger partial charge in [0.25, 0.3) is 0 Å². The molecular formula is C24H19F3N6O. The summed E-state index contributed by atoms with van der Waals surface area (Å²) >= 11 is 0. The van der Waals surface area contributed by atoms with Crippen LogP contribution in [0.1, 0.15) is 16.8 Å². The Hall–Kier alpha value is -4.47. The van der Waals surface area contributed by atoms with E-state index in [2.05, 4.69) is 15.2 Å². The molecule has 4 aromatic rings. The summed E-state index contributed by atoms with van der Waals surface area (Å²) in [6.45, 7) is 1.89. The molecule has 0 saturated carbocycles. The number of aryl methyl sites for hydroxylation is 1. The number of nitrogens with two attached hydrogens (primary N) is 1. The summed E-state index contributed by atoms with van der Waals surface area (Å²) in [7, 11) is 0. The minimum Gasteiger partial charge on any atom is -0.405 e. The standard InChI is InChI=1S/C24H19F3N6O/c1-16-14-19(32-12-3-11-29-32)6-7-21(16)33-13-9-22(34)23(31-33)20(8-10-28)30-18-5-2-4-17(15-18)24(25,26)27/h2-15H,28H2,1H3. The smallest absolute Gasteiger partial charge is 0.405 e. The topological polar surface area (TPSA) is 91.1 Å². The fourth-order valence-corrected chi connectivity index (χ4v) is 3.33. The summed E-state index contributed by atoms with van der Waals surface area (Å²) in [5.41, 5.74) is 6.62. The van der Waals surface area contributed by atoms with Crippen LogP contribution in [0.5, 0.6) is 0 Å². The zero-order valence-corrected chi connectivity index (χ0v) is 17.9. The maximum absolute atomic E-state index is 13.1. The maximum atomic E-state index is 13.1. The highest BCUT2D eigenvalue weighted by Crippen LogP contribution is 2.31. The number of benzene rings is 2. The van der Waals surface area contributed by atoms with Crippen LogP contribution in [0.25, 0.3) is 11.4 Å². The van der Waals surface area contributed by atoms with Gasteiger partial charge in [0.2, 0.25) is 5.43 Å². The molecule has 0 fully saturated rings. The Labute approximate surface area is 192 Å². The molecule has 34 heavy (non-hydrogen) atoms. The van der Waals surface area contributed by atoms with Gasteiger partial charge in [0.05, 0.1) is 28.3 Å². The highest BCUT2D eigenvalue weighted by Gasteiger charge is 2.30. The van der Waals surface area contributed by atoms with Gasteiger partial charge in [-0.2, -0.15) is 23.4 Å². The second kappa shape index (κ2) is 9.18. The summed E-state index contributed by atoms with van der Waals surface area (Å²) < 4.78 is 42.5. The van der Waals surface area contributed by atoms with Crippen molar-refractivity contribution in [1.82, 2.24) is 19.6 Å². The van der Waals surface area contributed by atoms with Crippen LogP contribution < -0.4 is 11.2 Å². The van der Waals surface area contributed by atoms with Gasteiger partial charge in [-0.05, 0) is 67.2 Å². The van der Waals surface area contributed by atoms with E-state index in [0.717, 1.165) is 29.6 Å². The minimum absolute atomic E-state index is 0.0132. The molecule has 0 aliphatic carbocycles. The summed E-state index contributed by atoms with van der Waals surface area (Å²) in [6, 6.07) is 13.2. The average molecular weight is 464 g/mol. The largest absolute Gasteiger partial charge is 0.416 e. The second-order valence-electron chi connectivity index (χ2n) is 7.30. The van der Waals surface area contributed by atoms with Gasteiger partial charge < -0.3 is 5.73 Å². The Balaban J connectivity index is 1.77. The van der Waals surface area contributed by atoms with E-state index in [4.69, 9.17) is 5.73 Å². The van der Waals surface area contributed by atoms with Crippen LogP contribution >= 0.6 is 0 Å². The average Bonchev–Trinajstić information content (AvgIpc) is 3.34. The molecule has 0 spiro atoms. The molecule has 4 rings (SSSR count). The molecule has 0 radical (unpaired) electrons. The van der Waals surface area contributed by atoms with Gasteiger partial charge in [-0.1, -0.05) is 6.07 Å². The van der Waals surface area contributed by atoms with Crippen LogP contribution in [-0.2, 0) is 6.18 Å². The lowest BCUT2D eigenvalue weighted by Gasteiger charge is -2.12. The summed E-state index contributed by atoms with van der Waals surface area (Å²) in [5.74, 6) is 0. The molecule has 2 aromatic carbocycles. The van der Waals surface area contributed by atoms with Gasteiger partial charge in [-0.25, -0.2) is 14.4 Å². The van der Waals surface area contributed by atoms with Crippen LogP contribution in [0, 0.1) is 6.92 Å². The monoisotopic (exact) mass is 464 g/mol. The van der Waals surface area contributed by atoms with Gasteiger partial charge in [0.1, 0.15) is 0 Å². The number of hydrogen-bond donors (Lipinski definition) is 1. The van der Waals surface area contributed by atoms with E-state index in [-0.39, 0.29) is 17.1 Å². The molecule has 2 heterocycles. The van der Waals surface area contributed by atoms with Crippen molar-refractivity contribution in [1.29, 1.82) is 0 Å². The number of alkyl halides is 3. The zero-order chi connectivity index (χ0) is 24.3. The predicted octanol–water partition coefficient (Wildman–Crippen LogP) is 4.34. The van der Waals surface area contributed by atoms with Crippen LogP contribution in [0.2, 0.25) is 0 Å². The fourth-order valence-electron chi connectivity index (χ4n) is 3.33. The van der Waals surface area contributed by atoms with Crippen LogP contribution in [0.15, 0.2) is 95.3 Å². The lowest BCUT2D eigenvalue weighted by atomic mass is 10.1. The zero-order valence-electron chi connectivity index (χ0n) is 17.9. The van der Waals surface area contributed by atoms with E-state index >= 15 is 0 Å². The van der Waals surface area contributed by atoms with Crippen molar-refractivity contribution >= 4 is 11.4 Å². The van der Waals surface area contributed by atoms with Crippen LogP contribution in [0.4, 0.5) is 18.9 Å². The first kappa shape index (κ1) is 22.7. The highest BCUT2D eigenvalue weighted by atomic mass is 19.4. The Morgan fingerprint density at radius 1 is 1.06 bits per heavy atom. The third-order valence-corrected chi connectivity index (χ3v) is 4.92. The molecule has 0 saturated heterocycles. The van der Waals surface area contributed by atoms with Crippen molar-refractivity contribution in [3.8, 4) is 11.4 Å². The van der Waals surface area contributed by atoms with Crippen molar-refractivity contribution in [3.05, 3.63) is 113 Å². The molecule has 0 bridgehead atoms. The minimum atomic E-state index is -4.52. The SMILES string of the molecule is Cc1cc(-n2cccn2)ccc1-n1ccc(=O)c(C(C=CN)=Nc2cccc(C(F)(F)F)c2)n1. The van der Waals surface area contributed by atoms with E-state index in [1.807, 2.05) is 37.4 Å². The first-order chi connectivity index (χ1) is 16.3. The van der Waals surface area contributed by atoms with Gasteiger partial charge in [0.15, 0.2) is 5.69 Å². The van der Waals surface area contributed by atoms with E-state index in [0.29, 0.717) is 5.69 Å². The quantitative estimate of drug-likeness (QED) is 0.445. The molecule has 0 unspecified atom stereocenters. The lowest BCUT2D eigenvalue weighted by molar-refractivity contribution is -0.137. The van der Waals surface area contributed by atoms with Gasteiger partial charge in [0, 0.05) is 24.7 Å². The second-order valence-corrected chi connectivity index (χ2v) is 7.30. The van der Waals surface area contributed by atoms with Crippen molar-refractivity contribution in [2.75, 3.05) is 0 Å². The number of nitrogens with zero attached hydrogens (tertiary/aromatic N) is 5. The molecular weight excluding hydrogens is 445 g/mol. The number of halogens is 3. The Morgan fingerprint density at radius 2 is 1.88 bits per heavy atom. The lowest BCUT2D eigenvalue weighted by Crippen LogP contribution is -2.20. The van der Waals surface area contributed by atoms with Crippen molar-refractivity contribution in [2.24, 2.45) is 10.7 Å². The third-order valence-electron chi connectivity index (χ3n) is 4.92. The van der Waals surface area contributed by atoms with Gasteiger partial charge in [-0.15, -0.1) is 0 Å². The van der Waals surface area contributed by atoms with Crippen molar-refractivity contribution in [3.63, 3.8) is 0 Å². The molecule has 0 aliphatic rings. The molecule has 2 N–H and O–H groups in total. The maximum Gasteiger partial charge on any atom is 0.416 e. The molecule has 2 aromatic heterocycles. The first-order valence-corrected chi connectivity index (χ1v) is 10.1. The van der Waals surface area contributed by atoms with Gasteiger partial charge in [-0.3, -0.25) is 4.79 Å². The Morgan fingerprint density at radius 3 is 2.56 bits per heavy atom. The summed E-state index contributed by atoms with van der Waals surface area (Å²) in [4.78, 5) is 16.8. The number of allylic oxidation sites excluding steroid dienone is 1.